The third-order valence-electron chi connectivity index (χ3n) is 8.81. The third-order valence-corrected chi connectivity index (χ3v) is 8.81. The summed E-state index contributed by atoms with van der Waals surface area (Å²) in [5, 5.41) is 20.8. The predicted octanol–water partition coefficient (Wildman–Crippen LogP) is 11.5. The normalized spacial score (nSPS) is 14.2. The summed E-state index contributed by atoms with van der Waals surface area (Å²) in [6.45, 7) is 12.9. The van der Waals surface area contributed by atoms with Gasteiger partial charge in [-0.1, -0.05) is 65.7 Å². The maximum atomic E-state index is 13.6. The van der Waals surface area contributed by atoms with Gasteiger partial charge < -0.3 is 15.0 Å². The first-order chi connectivity index (χ1) is 24.2. The van der Waals surface area contributed by atoms with Crippen molar-refractivity contribution >= 4 is 33.9 Å². The highest BCUT2D eigenvalue weighted by Gasteiger charge is 2.33. The SMILES string of the molecule is CCCCN(CCCC)C(=O)c1ccc(Oc2cc(C(C)(C)C)cc3cc4c(c(/C(C)=C/C(=C\CC(F)(F)F)CC(F)(F)F)c23)C(=N)NC4=N)cc1. The van der Waals surface area contributed by atoms with Crippen LogP contribution < -0.4 is 10.1 Å². The molecule has 0 bridgehead atoms. The van der Waals surface area contributed by atoms with Crippen LogP contribution in [0.2, 0.25) is 0 Å². The Morgan fingerprint density at radius 1 is 0.885 bits per heavy atom. The van der Waals surface area contributed by atoms with E-state index in [-0.39, 0.29) is 34.3 Å². The highest BCUT2D eigenvalue weighted by atomic mass is 19.4. The largest absolute Gasteiger partial charge is 0.457 e. The van der Waals surface area contributed by atoms with Crippen molar-refractivity contribution in [1.29, 1.82) is 10.8 Å². The van der Waals surface area contributed by atoms with Crippen molar-refractivity contribution in [1.82, 2.24) is 10.2 Å². The lowest BCUT2D eigenvalue weighted by atomic mass is 9.83. The van der Waals surface area contributed by atoms with Gasteiger partial charge in [0.1, 0.15) is 23.2 Å². The highest BCUT2D eigenvalue weighted by molar-refractivity contribution is 6.28. The summed E-state index contributed by atoms with van der Waals surface area (Å²) in [7, 11) is 0. The molecule has 0 saturated carbocycles. The summed E-state index contributed by atoms with van der Waals surface area (Å²) < 4.78 is 86.7. The molecule has 3 aromatic rings. The van der Waals surface area contributed by atoms with Gasteiger partial charge >= 0.3 is 12.4 Å². The first kappa shape index (κ1) is 40.2. The number of nitrogens with one attached hydrogen (secondary N) is 3. The molecule has 0 aliphatic carbocycles. The minimum atomic E-state index is -4.78. The van der Waals surface area contributed by atoms with Crippen molar-refractivity contribution in [2.75, 3.05) is 13.1 Å². The lowest BCUT2D eigenvalue weighted by molar-refractivity contribution is -0.130. The first-order valence-corrected chi connectivity index (χ1v) is 17.4. The average Bonchev–Trinajstić information content (AvgIpc) is 3.33. The monoisotopic (exact) mass is 728 g/mol. The molecule has 0 atom stereocenters. The van der Waals surface area contributed by atoms with E-state index in [1.54, 1.807) is 36.4 Å². The molecule has 0 aromatic heterocycles. The van der Waals surface area contributed by atoms with Crippen molar-refractivity contribution in [3.63, 3.8) is 0 Å². The summed E-state index contributed by atoms with van der Waals surface area (Å²) in [4.78, 5) is 15.3. The van der Waals surface area contributed by atoms with Crippen LogP contribution in [0.15, 0.2) is 60.2 Å². The fourth-order valence-corrected chi connectivity index (χ4v) is 6.12. The topological polar surface area (TPSA) is 89.3 Å². The van der Waals surface area contributed by atoms with Crippen molar-refractivity contribution in [2.24, 2.45) is 0 Å². The summed E-state index contributed by atoms with van der Waals surface area (Å²) in [6, 6.07) is 12.1. The molecule has 0 unspecified atom stereocenters. The third kappa shape index (κ3) is 10.0. The van der Waals surface area contributed by atoms with Crippen molar-refractivity contribution in [2.45, 2.75) is 97.8 Å². The number of allylic oxidation sites excluding steroid dienone is 4. The van der Waals surface area contributed by atoms with E-state index in [9.17, 15) is 31.1 Å². The Kier molecular flexibility index (Phi) is 12.3. The Bertz CT molecular complexity index is 1880. The van der Waals surface area contributed by atoms with Crippen molar-refractivity contribution < 1.29 is 35.9 Å². The number of unbranched alkanes of at least 4 members (excludes halogenated alkanes) is 2. The zero-order valence-electron chi connectivity index (χ0n) is 30.4. The number of hydrogen-bond donors (Lipinski definition) is 3. The molecule has 3 N–H and O–H groups in total. The zero-order chi connectivity index (χ0) is 38.6. The van der Waals surface area contributed by atoms with Crippen LogP contribution in [0.5, 0.6) is 11.5 Å². The number of amidine groups is 2. The van der Waals surface area contributed by atoms with Gasteiger partial charge in [0.25, 0.3) is 5.91 Å². The number of benzene rings is 3. The summed E-state index contributed by atoms with van der Waals surface area (Å²) in [5.74, 6) is 0.311. The molecule has 1 aliphatic rings. The molecule has 1 heterocycles. The number of carbonyl (C=O) groups is 1. The predicted molar refractivity (Wildman–Crippen MR) is 195 cm³/mol. The van der Waals surface area contributed by atoms with Crippen molar-refractivity contribution in [3.8, 4) is 11.5 Å². The van der Waals surface area contributed by atoms with E-state index in [2.05, 4.69) is 19.2 Å². The fourth-order valence-electron chi connectivity index (χ4n) is 6.12. The van der Waals surface area contributed by atoms with Gasteiger partial charge in [0, 0.05) is 40.7 Å². The Morgan fingerprint density at radius 3 is 2.04 bits per heavy atom. The molecular weight excluding hydrogens is 682 g/mol. The fraction of sp³-hybridized carbons (Fsp3) is 0.425. The number of halogens is 6. The maximum absolute atomic E-state index is 13.6. The second-order valence-electron chi connectivity index (χ2n) is 14.2. The minimum absolute atomic E-state index is 0.0881. The molecule has 280 valence electrons. The van der Waals surface area contributed by atoms with Crippen LogP contribution in [-0.2, 0) is 5.41 Å². The summed E-state index contributed by atoms with van der Waals surface area (Å²) >= 11 is 0. The number of ether oxygens (including phenoxy) is 1. The number of fused-ring (bicyclic) bond motifs is 2. The van der Waals surface area contributed by atoms with Crippen LogP contribution in [-0.4, -0.2) is 47.9 Å². The van der Waals surface area contributed by atoms with Gasteiger partial charge in [0.15, 0.2) is 0 Å². The van der Waals surface area contributed by atoms with E-state index in [0.717, 1.165) is 37.3 Å². The number of nitrogens with zero attached hydrogens (tertiary/aromatic N) is 1. The second kappa shape index (κ2) is 16.0. The van der Waals surface area contributed by atoms with E-state index in [0.29, 0.717) is 52.6 Å². The molecule has 1 aliphatic heterocycles. The number of alkyl halides is 6. The highest BCUT2D eigenvalue weighted by Crippen LogP contribution is 2.43. The van der Waals surface area contributed by atoms with Crippen LogP contribution in [0.3, 0.4) is 0 Å². The van der Waals surface area contributed by atoms with Crippen LogP contribution >= 0.6 is 0 Å². The molecular formula is C40H46F6N4O2. The van der Waals surface area contributed by atoms with Crippen LogP contribution in [0.25, 0.3) is 16.3 Å². The number of carbonyl (C=O) groups excluding carboxylic acids is 1. The van der Waals surface area contributed by atoms with E-state index in [1.165, 1.54) is 6.92 Å². The standard InChI is InChI=1S/C40H46F6N4O2/c1-7-9-17-50(18-10-8-2)37(51)26-11-13-29(14-12-26)52-31-22-28(38(4,5)6)20-27-21-30-34(36(48)49-35(30)47)32(33(27)31)24(3)19-25(23-40(44,45)46)15-16-39(41,42)43/h11-15,19-22H,7-10,16-18,23H2,1-6H3,(H3,47,48,49)/b24-19+,25-15+. The zero-order valence-corrected chi connectivity index (χ0v) is 30.4. The summed E-state index contributed by atoms with van der Waals surface area (Å²) in [6.07, 6.45) is -7.36. The number of hydrogen-bond acceptors (Lipinski definition) is 4. The van der Waals surface area contributed by atoms with Gasteiger partial charge in [-0.15, -0.1) is 0 Å². The average molecular weight is 729 g/mol. The molecule has 12 heteroatoms. The molecule has 0 saturated heterocycles. The summed E-state index contributed by atoms with van der Waals surface area (Å²) in [5.41, 5.74) is 1.33. The number of rotatable bonds is 13. The van der Waals surface area contributed by atoms with Crippen LogP contribution in [0.1, 0.15) is 113 Å². The van der Waals surface area contributed by atoms with Gasteiger partial charge in [-0.25, -0.2) is 0 Å². The number of amides is 1. The smallest absolute Gasteiger partial charge is 0.393 e. The van der Waals surface area contributed by atoms with Crippen molar-refractivity contribution in [3.05, 3.63) is 88.0 Å². The van der Waals surface area contributed by atoms with E-state index in [1.807, 2.05) is 31.7 Å². The molecule has 4 rings (SSSR count). The van der Waals surface area contributed by atoms with E-state index in [4.69, 9.17) is 15.6 Å². The quantitative estimate of drug-likeness (QED) is 0.121. The van der Waals surface area contributed by atoms with E-state index >= 15 is 0 Å². The molecule has 6 nitrogen and oxygen atoms in total. The van der Waals surface area contributed by atoms with Gasteiger partial charge in [0.2, 0.25) is 0 Å². The first-order valence-electron chi connectivity index (χ1n) is 17.4. The molecule has 0 radical (unpaired) electrons. The van der Waals surface area contributed by atoms with E-state index < -0.39 is 36.2 Å². The van der Waals surface area contributed by atoms with Gasteiger partial charge in [0.05, 0.1) is 12.8 Å². The molecule has 52 heavy (non-hydrogen) atoms. The Balaban J connectivity index is 1.92. The molecule has 1 amide bonds. The Labute approximate surface area is 300 Å². The van der Waals surface area contributed by atoms with Crippen LogP contribution in [0, 0.1) is 10.8 Å². The molecule has 3 aromatic carbocycles. The van der Waals surface area contributed by atoms with Gasteiger partial charge in [-0.05, 0) is 83.7 Å². The van der Waals surface area contributed by atoms with Crippen LogP contribution in [0.4, 0.5) is 26.3 Å². The second-order valence-corrected chi connectivity index (χ2v) is 14.2. The lowest BCUT2D eigenvalue weighted by Gasteiger charge is -2.24. The van der Waals surface area contributed by atoms with Gasteiger partial charge in [-0.2, -0.15) is 26.3 Å². The Morgan fingerprint density at radius 2 is 1.50 bits per heavy atom. The lowest BCUT2D eigenvalue weighted by Crippen LogP contribution is -2.32. The Hall–Kier alpha value is -4.61. The molecule has 0 spiro atoms. The molecule has 0 fully saturated rings. The maximum Gasteiger partial charge on any atom is 0.393 e. The minimum Gasteiger partial charge on any atom is -0.457 e. The van der Waals surface area contributed by atoms with Gasteiger partial charge in [-0.3, -0.25) is 15.6 Å².